The van der Waals surface area contributed by atoms with E-state index in [1.807, 2.05) is 0 Å². The summed E-state index contributed by atoms with van der Waals surface area (Å²) < 4.78 is 0. The third-order valence-electron chi connectivity index (χ3n) is 4.53. The van der Waals surface area contributed by atoms with E-state index >= 15 is 0 Å². The third kappa shape index (κ3) is 3.05. The molecule has 0 spiro atoms. The highest BCUT2D eigenvalue weighted by molar-refractivity contribution is 7.94. The molecule has 0 radical (unpaired) electrons. The van der Waals surface area contributed by atoms with E-state index < -0.39 is 0 Å². The molecule has 0 amide bonds. The second-order valence-corrected chi connectivity index (χ2v) is 8.49. The van der Waals surface area contributed by atoms with Crippen LogP contribution in [0.15, 0.2) is 84.9 Å². The predicted molar refractivity (Wildman–Crippen MR) is 109 cm³/mol. The summed E-state index contributed by atoms with van der Waals surface area (Å²) in [7, 11) is 0.316. The Morgan fingerprint density at radius 3 is 1.79 bits per heavy atom. The molecular weight excluding hydrogens is 308 g/mol. The van der Waals surface area contributed by atoms with Crippen LogP contribution in [0.4, 0.5) is 0 Å². The molecule has 4 aromatic carbocycles. The lowest BCUT2D eigenvalue weighted by Gasteiger charge is -2.11. The van der Waals surface area contributed by atoms with Crippen LogP contribution < -0.4 is 0 Å². The summed E-state index contributed by atoms with van der Waals surface area (Å²) in [5, 5.41) is 5.51. The molecule has 0 aliphatic heterocycles. The maximum absolute atomic E-state index is 2.39. The lowest BCUT2D eigenvalue weighted by Crippen LogP contribution is -2.07. The van der Waals surface area contributed by atoms with E-state index in [1.54, 1.807) is 0 Å². The topological polar surface area (TPSA) is 0 Å². The first-order valence-electron chi connectivity index (χ1n) is 8.34. The summed E-state index contributed by atoms with van der Waals surface area (Å²) in [4.78, 5) is 0. The van der Waals surface area contributed by atoms with Crippen LogP contribution in [0, 0.1) is 0 Å². The minimum Gasteiger partial charge on any atom is -0.0622 e. The number of hydrogen-bond donors (Lipinski definition) is 0. The highest BCUT2D eigenvalue weighted by atomic mass is 32.2. The summed E-state index contributed by atoms with van der Waals surface area (Å²) in [6.07, 6.45) is 2.39. The van der Waals surface area contributed by atoms with Gasteiger partial charge in [-0.25, -0.2) is 0 Å². The highest BCUT2D eigenvalue weighted by Gasteiger charge is 2.17. The van der Waals surface area contributed by atoms with Crippen molar-refractivity contribution in [2.45, 2.75) is 11.5 Å². The minimum atomic E-state index is 0.316. The fraction of sp³-hybridized carbons (Fsp3) is 0.130. The van der Waals surface area contributed by atoms with Crippen molar-refractivity contribution >= 4 is 32.4 Å². The van der Waals surface area contributed by atoms with Crippen LogP contribution in [-0.4, -0.2) is 6.26 Å². The fourth-order valence-corrected chi connectivity index (χ4v) is 5.09. The normalized spacial score (nSPS) is 12.5. The molecule has 24 heavy (non-hydrogen) atoms. The van der Waals surface area contributed by atoms with Crippen LogP contribution in [-0.2, 0) is 22.4 Å². The molecular formula is C23H21S+. The van der Waals surface area contributed by atoms with Gasteiger partial charge in [0.2, 0.25) is 0 Å². The Morgan fingerprint density at radius 2 is 1.17 bits per heavy atom. The zero-order valence-corrected chi connectivity index (χ0v) is 14.7. The molecule has 0 saturated heterocycles. The molecule has 1 atom stereocenters. The van der Waals surface area contributed by atoms with E-state index in [2.05, 4.69) is 91.2 Å². The van der Waals surface area contributed by atoms with Crippen molar-refractivity contribution in [3.05, 3.63) is 96.1 Å². The first kappa shape index (κ1) is 15.3. The Balaban J connectivity index is 1.76. The number of rotatable bonds is 4. The summed E-state index contributed by atoms with van der Waals surface area (Å²) in [5.41, 5.74) is 2.94. The Labute approximate surface area is 146 Å². The van der Waals surface area contributed by atoms with Crippen molar-refractivity contribution in [3.63, 3.8) is 0 Å². The lowest BCUT2D eigenvalue weighted by molar-refractivity contribution is 1.37. The van der Waals surface area contributed by atoms with E-state index in [0.717, 1.165) is 11.5 Å². The van der Waals surface area contributed by atoms with Gasteiger partial charge in [-0.1, -0.05) is 78.9 Å². The van der Waals surface area contributed by atoms with E-state index in [1.165, 1.54) is 32.7 Å². The van der Waals surface area contributed by atoms with Crippen molar-refractivity contribution in [1.82, 2.24) is 0 Å². The van der Waals surface area contributed by atoms with Crippen molar-refractivity contribution in [2.75, 3.05) is 6.26 Å². The maximum Gasteiger partial charge on any atom is 0.134 e. The van der Waals surface area contributed by atoms with Gasteiger partial charge >= 0.3 is 0 Å². The monoisotopic (exact) mass is 329 g/mol. The van der Waals surface area contributed by atoms with Crippen LogP contribution >= 0.6 is 0 Å². The molecule has 0 nitrogen and oxygen atoms in total. The lowest BCUT2D eigenvalue weighted by atomic mass is 9.98. The molecule has 0 fully saturated rings. The average Bonchev–Trinajstić information content (AvgIpc) is 2.62. The van der Waals surface area contributed by atoms with E-state index in [0.29, 0.717) is 10.9 Å². The predicted octanol–water partition coefficient (Wildman–Crippen LogP) is 5.94. The summed E-state index contributed by atoms with van der Waals surface area (Å²) in [6.45, 7) is 0. The number of hydrogen-bond acceptors (Lipinski definition) is 0. The summed E-state index contributed by atoms with van der Waals surface area (Å²) in [5.74, 6) is 2.29. The van der Waals surface area contributed by atoms with Gasteiger partial charge in [0.1, 0.15) is 11.5 Å². The Morgan fingerprint density at radius 1 is 0.625 bits per heavy atom. The van der Waals surface area contributed by atoms with Gasteiger partial charge in [0, 0.05) is 11.1 Å². The van der Waals surface area contributed by atoms with Crippen LogP contribution in [0.25, 0.3) is 21.5 Å². The van der Waals surface area contributed by atoms with Gasteiger partial charge in [-0.2, -0.15) is 0 Å². The van der Waals surface area contributed by atoms with Crippen LogP contribution in [0.5, 0.6) is 0 Å². The van der Waals surface area contributed by atoms with Gasteiger partial charge in [0.25, 0.3) is 0 Å². The molecule has 4 aromatic rings. The zero-order valence-electron chi connectivity index (χ0n) is 13.9. The molecule has 0 saturated carbocycles. The Kier molecular flexibility index (Phi) is 4.27. The van der Waals surface area contributed by atoms with Crippen molar-refractivity contribution < 1.29 is 0 Å². The van der Waals surface area contributed by atoms with Gasteiger partial charge in [-0.3, -0.25) is 0 Å². The number of benzene rings is 4. The Hall–Kier alpha value is -2.25. The van der Waals surface area contributed by atoms with Gasteiger partial charge in [0.15, 0.2) is 0 Å². The largest absolute Gasteiger partial charge is 0.134 e. The minimum absolute atomic E-state index is 0.316. The molecule has 0 heterocycles. The second-order valence-electron chi connectivity index (χ2n) is 6.35. The van der Waals surface area contributed by atoms with Crippen molar-refractivity contribution in [1.29, 1.82) is 0 Å². The number of fused-ring (bicyclic) bond motifs is 2. The molecule has 1 unspecified atom stereocenters. The molecule has 0 aliphatic carbocycles. The standard InChI is InChI=1S/C23H21S/c1-24(16-18-9-3-2-4-10-18)17-23-21-13-7-5-11-19(21)15-20-12-6-8-14-22(20)23/h2-15H,16-17H2,1H3/q+1. The smallest absolute Gasteiger partial charge is 0.0622 e. The Bertz CT molecular complexity index is 919. The highest BCUT2D eigenvalue weighted by Crippen LogP contribution is 2.30. The van der Waals surface area contributed by atoms with E-state index in [4.69, 9.17) is 0 Å². The van der Waals surface area contributed by atoms with Crippen LogP contribution in [0.1, 0.15) is 11.1 Å². The van der Waals surface area contributed by atoms with Crippen molar-refractivity contribution in [3.8, 4) is 0 Å². The molecule has 0 aromatic heterocycles. The third-order valence-corrected chi connectivity index (χ3v) is 6.14. The van der Waals surface area contributed by atoms with Gasteiger partial charge in [-0.15, -0.1) is 0 Å². The molecule has 1 heteroatoms. The quantitative estimate of drug-likeness (QED) is 0.321. The maximum atomic E-state index is 2.39. The molecule has 118 valence electrons. The molecule has 4 rings (SSSR count). The van der Waals surface area contributed by atoms with Crippen LogP contribution in [0.2, 0.25) is 0 Å². The van der Waals surface area contributed by atoms with Crippen LogP contribution in [0.3, 0.4) is 0 Å². The molecule has 0 N–H and O–H groups in total. The van der Waals surface area contributed by atoms with Gasteiger partial charge in [-0.05, 0) is 38.5 Å². The first-order valence-corrected chi connectivity index (χ1v) is 10.3. The first-order chi connectivity index (χ1) is 11.8. The fourth-order valence-electron chi connectivity index (χ4n) is 3.42. The average molecular weight is 329 g/mol. The van der Waals surface area contributed by atoms with E-state index in [9.17, 15) is 0 Å². The second kappa shape index (κ2) is 6.70. The summed E-state index contributed by atoms with van der Waals surface area (Å²) >= 11 is 0. The SMILES string of the molecule is C[S+](Cc1ccccc1)Cc1c2ccccc2cc2ccccc12. The summed E-state index contributed by atoms with van der Waals surface area (Å²) in [6, 6.07) is 30.8. The van der Waals surface area contributed by atoms with Crippen molar-refractivity contribution in [2.24, 2.45) is 0 Å². The molecule has 0 bridgehead atoms. The zero-order chi connectivity index (χ0) is 16.4. The molecule has 0 aliphatic rings. The van der Waals surface area contributed by atoms with Gasteiger partial charge < -0.3 is 0 Å². The van der Waals surface area contributed by atoms with Gasteiger partial charge in [0.05, 0.1) is 6.26 Å². The van der Waals surface area contributed by atoms with E-state index in [-0.39, 0.29) is 0 Å².